The van der Waals surface area contributed by atoms with Gasteiger partial charge in [0.2, 0.25) is 0 Å². The van der Waals surface area contributed by atoms with Gasteiger partial charge in [0, 0.05) is 136 Å². The van der Waals surface area contributed by atoms with E-state index in [-0.39, 0.29) is 237 Å². The maximum Gasteiger partial charge on any atom is 2.00 e. The van der Waals surface area contributed by atoms with Crippen LogP contribution in [0.2, 0.25) is 25.1 Å². The van der Waals surface area contributed by atoms with Crippen LogP contribution >= 0.6 is 99.8 Å². The molecule has 9 aliphatic rings. The Morgan fingerprint density at radius 2 is 0.861 bits per heavy atom. The van der Waals surface area contributed by atoms with Gasteiger partial charge in [-0.3, -0.25) is 4.79 Å². The van der Waals surface area contributed by atoms with E-state index < -0.39 is 43.5 Å². The Balaban J connectivity index is -0.000000279. The van der Waals surface area contributed by atoms with Crippen molar-refractivity contribution < 1.29 is 208 Å². The molecule has 5 aromatic rings. The van der Waals surface area contributed by atoms with Crippen LogP contribution in [0.3, 0.4) is 0 Å². The van der Waals surface area contributed by atoms with Crippen LogP contribution in [0.4, 0.5) is 32.3 Å². The van der Waals surface area contributed by atoms with E-state index in [4.69, 9.17) is 95.9 Å². The van der Waals surface area contributed by atoms with E-state index >= 15 is 0 Å². The van der Waals surface area contributed by atoms with Crippen LogP contribution in [-0.2, 0) is 80.8 Å². The van der Waals surface area contributed by atoms with E-state index in [0.29, 0.717) is 90.1 Å². The number of nitrogens with one attached hydrogen (secondary N) is 1. The Labute approximate surface area is 981 Å². The second-order valence-electron chi connectivity index (χ2n) is 37.8. The number of hydrogen-bond donors (Lipinski definition) is 2. The minimum Gasteiger partial charge on any atom is -1.00 e. The number of piperidine rings is 5. The molecule has 40 heteroatoms. The number of halogens is 13. The number of benzene rings is 5. The minimum atomic E-state index is -1.42. The van der Waals surface area contributed by atoms with Crippen molar-refractivity contribution in [2.75, 3.05) is 117 Å². The summed E-state index contributed by atoms with van der Waals surface area (Å²) in [4.78, 5) is 65.0. The number of rotatable bonds is 2. The molecule has 776 valence electrons. The fourth-order valence-corrected chi connectivity index (χ4v) is 14.1. The molecular formula is C97H148Br3Cl6CuF3IKMg2N5O16S2. The number of epoxide rings is 1. The quantitative estimate of drug-likeness (QED) is 0.0317. The third-order valence-corrected chi connectivity index (χ3v) is 20.5. The molecule has 9 heterocycles. The topological polar surface area (TPSA) is 248 Å². The monoisotopic (exact) mass is 2480 g/mol. The summed E-state index contributed by atoms with van der Waals surface area (Å²) >= 11 is 40.1. The number of fused-ring (bicyclic) bond motifs is 2. The Bertz CT molecular complexity index is 4220. The number of ketones is 1. The van der Waals surface area contributed by atoms with E-state index in [0.717, 1.165) is 119 Å². The van der Waals surface area contributed by atoms with Crippen molar-refractivity contribution in [3.05, 3.63) is 167 Å². The summed E-state index contributed by atoms with van der Waals surface area (Å²) in [5, 5.41) is 27.2. The molecule has 0 bridgehead atoms. The van der Waals surface area contributed by atoms with E-state index in [1.54, 1.807) is 70.9 Å². The number of hydrogen-bond acceptors (Lipinski definition) is 18. The van der Waals surface area contributed by atoms with Crippen LogP contribution in [-0.4, -0.2) is 268 Å². The second kappa shape index (κ2) is 73.3. The normalized spacial score (nSPS) is 16.4. The molecule has 7 fully saturated rings. The molecule has 0 aliphatic carbocycles. The third kappa shape index (κ3) is 68.5. The average molecular weight is 2490 g/mol. The van der Waals surface area contributed by atoms with Crippen molar-refractivity contribution in [3.63, 3.8) is 0 Å². The first-order valence-corrected chi connectivity index (χ1v) is 52.4. The first-order valence-electron chi connectivity index (χ1n) is 43.0. The number of thioether (sulfide) groups is 1. The van der Waals surface area contributed by atoms with Gasteiger partial charge in [-0.15, -0.1) is 21.9 Å². The molecule has 21 nitrogen and oxygen atoms in total. The Morgan fingerprint density at radius 3 is 1.16 bits per heavy atom. The Kier molecular flexibility index (Phi) is 80.3. The Hall–Kier alpha value is 0.138. The summed E-state index contributed by atoms with van der Waals surface area (Å²) in [7, 11) is -1.42. The summed E-state index contributed by atoms with van der Waals surface area (Å²) in [5.74, 6) is 1.13. The van der Waals surface area contributed by atoms with Crippen molar-refractivity contribution in [3.8, 4) is 11.5 Å². The van der Waals surface area contributed by atoms with E-state index in [2.05, 4.69) is 55.6 Å². The van der Waals surface area contributed by atoms with E-state index in [9.17, 15) is 51.6 Å². The van der Waals surface area contributed by atoms with Gasteiger partial charge in [0.05, 0.1) is 32.2 Å². The van der Waals surface area contributed by atoms with Crippen molar-refractivity contribution in [1.82, 2.24) is 24.9 Å². The van der Waals surface area contributed by atoms with Gasteiger partial charge >= 0.3 is 150 Å². The van der Waals surface area contributed by atoms with Crippen LogP contribution in [0, 0.1) is 29.9 Å². The number of ether oxygens (including phenoxy) is 8. The zero-order chi connectivity index (χ0) is 98.2. The van der Waals surface area contributed by atoms with Gasteiger partial charge in [-0.1, -0.05) is 87.1 Å². The van der Waals surface area contributed by atoms with Crippen LogP contribution in [0.5, 0.6) is 11.5 Å². The van der Waals surface area contributed by atoms with Gasteiger partial charge < -0.3 is 133 Å². The van der Waals surface area contributed by atoms with Gasteiger partial charge in [0.15, 0.2) is 0 Å². The third-order valence-electron chi connectivity index (χ3n) is 18.7. The SMILES string of the molecule is C.C.C1CCOC1.CC(C)(C)OC(=O)N1CCC(=O)CC1.CC(C)(C)OC(=O)N1CCC(O)(Cc2cc(Cl)ccc2F)CC1.CC(C)(C)OC(=O)N1CCC2(CC1)CO2.CC(C)(C)OC(=O)N1CCC2(CC1)Cc1cc(Cl)ccc1O2.CC(C)(C)[O-].CSC.C[CH-]C.C[S+](C)(C)=O.Clc1ccc2c(c1)CC1(CCNCC1)O2.Fc1[c-]cc(Cl)cc1.Fc1ccc(Cl)cc1Br.[Br-].[Cl-].[Cu][Br].[I-].[K+].[Mg+2].[Mg+2]. The molecule has 14 rings (SSSR count). The molecule has 0 radical (unpaired) electrons. The molecule has 0 saturated carbocycles. The van der Waals surface area contributed by atoms with Gasteiger partial charge in [0.25, 0.3) is 0 Å². The summed E-state index contributed by atoms with van der Waals surface area (Å²) < 4.78 is 92.6. The molecule has 5 aromatic carbocycles. The minimum absolute atomic E-state index is 0. The van der Waals surface area contributed by atoms with Crippen molar-refractivity contribution in [1.29, 1.82) is 0 Å². The number of carbonyl (C=O) groups excluding carboxylic acids is 5. The smallest absolute Gasteiger partial charge is 1.00 e. The molecule has 9 aliphatic heterocycles. The van der Waals surface area contributed by atoms with Gasteiger partial charge in [-0.05, 0) is 265 Å². The van der Waals surface area contributed by atoms with Gasteiger partial charge in [0.1, 0.15) is 81.3 Å². The van der Waals surface area contributed by atoms with E-state index in [1.165, 1.54) is 78.6 Å². The molecule has 4 amide bonds. The van der Waals surface area contributed by atoms with E-state index in [1.807, 2.05) is 152 Å². The van der Waals surface area contributed by atoms with Crippen molar-refractivity contribution >= 4 is 186 Å². The molecule has 0 unspecified atom stereocenters. The number of aliphatic hydroxyl groups is 1. The Morgan fingerprint density at radius 1 is 0.562 bits per heavy atom. The molecule has 0 aromatic heterocycles. The number of amides is 4. The summed E-state index contributed by atoms with van der Waals surface area (Å²) in [5.41, 5.74) is -0.835. The second-order valence-corrected chi connectivity index (χ2v) is 45.1. The molecule has 2 N–H and O–H groups in total. The molecule has 137 heavy (non-hydrogen) atoms. The number of nitrogens with zero attached hydrogens (tertiary/aromatic N) is 4. The number of carbonyl (C=O) groups is 5. The fraction of sp³-hybridized carbons (Fsp3) is 0.629. The average Bonchev–Trinajstić information content (AvgIpc) is 1.57. The predicted octanol–water partition coefficient (Wildman–Crippen LogP) is 12.0. The number of Topliss-reactive ketones (excluding diaryl/α,β-unsaturated/α-hetero) is 1. The van der Waals surface area contributed by atoms with Crippen molar-refractivity contribution in [2.45, 2.75) is 279 Å². The maximum atomic E-state index is 13.8. The fourth-order valence-electron chi connectivity index (χ4n) is 12.8. The van der Waals surface area contributed by atoms with Crippen molar-refractivity contribution in [2.24, 2.45) is 0 Å². The zero-order valence-corrected chi connectivity index (χ0v) is 103. The summed E-state index contributed by atoms with van der Waals surface area (Å²) in [6, 6.07) is 26.8. The zero-order valence-electron chi connectivity index (χ0n) is 82.8. The first kappa shape index (κ1) is 150. The predicted molar refractivity (Wildman–Crippen MR) is 545 cm³/mol. The summed E-state index contributed by atoms with van der Waals surface area (Å²) in [6.07, 6.45) is 22.1. The first-order chi connectivity index (χ1) is 59.7. The van der Waals surface area contributed by atoms with Crippen LogP contribution in [0.15, 0.2) is 95.5 Å². The van der Waals surface area contributed by atoms with Gasteiger partial charge in [-0.2, -0.15) is 49.3 Å². The standard InChI is InChI=1S/C17H23ClFNO3.C17H22ClNO3.C12H14ClNO.C11H19NO3.C10H17NO3.C6H3BrClF.C6H3ClF.C4H8O.C4H9O.C3H9OS.C3H7.C2H6S.2CH4.2BrH.ClH.Cu.HI.K.2Mg/c1-16(2,3)23-15(21)20-8-6-17(22,7-9-20)11-12-10-13(18)4-5-14(12)19;1-16(2,3)22-15(20)19-8-6-17(7-9-19)11-12-10-13(18)4-5-14(12)21-17;13-10-1-2-11-9(7-10)8-12(15-11)3-5-14-6-4-12;1-10(2,3)15-9(13)12-6-4-11(5-7-12)8-14-11;1-10(2,3)14-9(13)11-6-4-8(12)5-7-11;7-5-3-4(8)1-2-6(5)9;7-5-1-3-6(8)4-2-5;1-2-4-5-3-1;1-4(2,3)5;1-5(2,3)4;2*1-3-2;;;;;;;;;;/h4-5,10,22H,6-9,11H2,1-3H3;4-5,10H,6-9,11H2,1-3H3;1-2,7,14H,3-6,8H2;4-8H2,1-3H3;4-7H2,1-3H3;1-3H;1-3H;1-4H2;2*1-3H3;3H,1-2H3;1-2H3;2*1H4;3*1H;;1H;;;/q;;;;;;-1;;-1;+1;-1;;;;;;;+1;;+1;2*+2/p-4. The van der Waals surface area contributed by atoms with Crippen LogP contribution in [0.25, 0.3) is 0 Å². The van der Waals surface area contributed by atoms with Crippen LogP contribution in [0.1, 0.15) is 226 Å². The number of likely N-dealkylation sites (tertiary alicyclic amines) is 4. The molecule has 0 atom stereocenters. The van der Waals surface area contributed by atoms with Gasteiger partial charge in [-0.25, -0.2) is 32.3 Å². The molecular weight excluding hydrogens is 2340 g/mol. The maximum absolute atomic E-state index is 13.8. The van der Waals surface area contributed by atoms with Crippen LogP contribution < -0.4 is 125 Å². The largest absolute Gasteiger partial charge is 2.00 e. The summed E-state index contributed by atoms with van der Waals surface area (Å²) in [6.45, 7) is 40.7. The molecule has 7 saturated heterocycles. The molecule has 3 spiro atoms.